The van der Waals surface area contributed by atoms with Crippen LogP contribution in [0.5, 0.6) is 0 Å². The molecular formula is C9H13NO2S. The van der Waals surface area contributed by atoms with Crippen molar-refractivity contribution < 1.29 is 10.2 Å². The van der Waals surface area contributed by atoms with Crippen molar-refractivity contribution in [1.82, 2.24) is 0 Å². The molecule has 0 radical (unpaired) electrons. The van der Waals surface area contributed by atoms with Gasteiger partial charge in [0, 0.05) is 17.1 Å². The molecule has 13 heavy (non-hydrogen) atoms. The smallest absolute Gasteiger partial charge is 0.0942 e. The lowest BCUT2D eigenvalue weighted by molar-refractivity contribution is 0.105. The van der Waals surface area contributed by atoms with E-state index in [2.05, 4.69) is 17.9 Å². The number of aliphatic hydroxyl groups excluding tert-OH is 2. The molecule has 0 aromatic heterocycles. The summed E-state index contributed by atoms with van der Waals surface area (Å²) in [6.45, 7) is 0.112. The Kier molecular flexibility index (Phi) is 4.08. The summed E-state index contributed by atoms with van der Waals surface area (Å²) in [6, 6.07) is 7.48. The van der Waals surface area contributed by atoms with Crippen molar-refractivity contribution in [3.8, 4) is 0 Å². The lowest BCUT2D eigenvalue weighted by atomic mass is 10.3. The number of anilines is 1. The number of aliphatic hydroxyl groups is 2. The molecule has 1 unspecified atom stereocenters. The standard InChI is InChI=1S/C9H13NO2S/c11-6-8(12)5-10-7-2-1-3-9(13)4-7/h1-4,8,10-13H,5-6H2. The lowest BCUT2D eigenvalue weighted by Gasteiger charge is -2.10. The molecule has 0 aliphatic rings. The molecule has 0 aliphatic heterocycles. The van der Waals surface area contributed by atoms with E-state index >= 15 is 0 Å². The molecule has 1 aromatic carbocycles. The van der Waals surface area contributed by atoms with Crippen LogP contribution in [-0.2, 0) is 0 Å². The first-order valence-corrected chi connectivity index (χ1v) is 4.49. The summed E-state index contributed by atoms with van der Waals surface area (Å²) < 4.78 is 0. The predicted molar refractivity (Wildman–Crippen MR) is 55.3 cm³/mol. The average Bonchev–Trinajstić information content (AvgIpc) is 2.14. The van der Waals surface area contributed by atoms with E-state index in [4.69, 9.17) is 10.2 Å². The van der Waals surface area contributed by atoms with Crippen LogP contribution in [0.15, 0.2) is 29.2 Å². The molecule has 1 atom stereocenters. The highest BCUT2D eigenvalue weighted by atomic mass is 32.1. The third-order valence-electron chi connectivity index (χ3n) is 1.60. The normalized spacial score (nSPS) is 12.5. The molecular weight excluding hydrogens is 186 g/mol. The maximum Gasteiger partial charge on any atom is 0.0942 e. The summed E-state index contributed by atoms with van der Waals surface area (Å²) >= 11 is 4.17. The minimum Gasteiger partial charge on any atom is -0.394 e. The number of rotatable bonds is 4. The molecule has 0 amide bonds. The van der Waals surface area contributed by atoms with E-state index in [0.29, 0.717) is 6.54 Å². The molecule has 0 saturated carbocycles. The van der Waals surface area contributed by atoms with Gasteiger partial charge in [0.15, 0.2) is 0 Å². The molecule has 0 aliphatic carbocycles. The van der Waals surface area contributed by atoms with E-state index < -0.39 is 6.10 Å². The minimum absolute atomic E-state index is 0.229. The van der Waals surface area contributed by atoms with E-state index in [1.165, 1.54) is 0 Å². The highest BCUT2D eigenvalue weighted by Gasteiger charge is 2.00. The van der Waals surface area contributed by atoms with Gasteiger partial charge < -0.3 is 15.5 Å². The van der Waals surface area contributed by atoms with Crippen molar-refractivity contribution in [3.63, 3.8) is 0 Å². The second-order valence-electron chi connectivity index (χ2n) is 2.77. The van der Waals surface area contributed by atoms with Gasteiger partial charge in [-0.1, -0.05) is 6.07 Å². The number of thiol groups is 1. The zero-order valence-electron chi connectivity index (χ0n) is 7.14. The maximum absolute atomic E-state index is 9.06. The molecule has 0 saturated heterocycles. The Morgan fingerprint density at radius 2 is 2.23 bits per heavy atom. The summed E-state index contributed by atoms with van der Waals surface area (Å²) in [5, 5.41) is 20.6. The van der Waals surface area contributed by atoms with Crippen molar-refractivity contribution in [2.24, 2.45) is 0 Å². The molecule has 4 heteroatoms. The Labute approximate surface area is 82.8 Å². The van der Waals surface area contributed by atoms with Gasteiger partial charge in [-0.05, 0) is 18.2 Å². The van der Waals surface area contributed by atoms with Crippen LogP contribution in [0.1, 0.15) is 0 Å². The number of benzene rings is 1. The summed E-state index contributed by atoms with van der Waals surface area (Å²) in [4.78, 5) is 0.864. The fourth-order valence-corrected chi connectivity index (χ4v) is 1.14. The Morgan fingerprint density at radius 3 is 2.85 bits per heavy atom. The van der Waals surface area contributed by atoms with Crippen LogP contribution in [0.2, 0.25) is 0 Å². The molecule has 1 rings (SSSR count). The van der Waals surface area contributed by atoms with Gasteiger partial charge in [0.2, 0.25) is 0 Å². The quantitative estimate of drug-likeness (QED) is 0.541. The lowest BCUT2D eigenvalue weighted by Crippen LogP contribution is -2.22. The first-order valence-electron chi connectivity index (χ1n) is 4.04. The van der Waals surface area contributed by atoms with E-state index in [0.717, 1.165) is 10.6 Å². The molecule has 0 heterocycles. The van der Waals surface area contributed by atoms with Crippen LogP contribution in [0.4, 0.5) is 5.69 Å². The van der Waals surface area contributed by atoms with E-state index in [1.54, 1.807) is 0 Å². The SMILES string of the molecule is OCC(O)CNc1cccc(S)c1. The summed E-state index contributed by atoms with van der Waals surface area (Å²) in [5.41, 5.74) is 0.889. The first kappa shape index (κ1) is 10.4. The van der Waals surface area contributed by atoms with Gasteiger partial charge in [0.05, 0.1) is 12.7 Å². The molecule has 1 aromatic rings. The summed E-state index contributed by atoms with van der Waals surface area (Å²) in [7, 11) is 0. The van der Waals surface area contributed by atoms with Gasteiger partial charge >= 0.3 is 0 Å². The van der Waals surface area contributed by atoms with Gasteiger partial charge in [-0.3, -0.25) is 0 Å². The molecule has 0 fully saturated rings. The van der Waals surface area contributed by atoms with Crippen LogP contribution in [0.25, 0.3) is 0 Å². The highest BCUT2D eigenvalue weighted by Crippen LogP contribution is 2.12. The number of hydrogen-bond acceptors (Lipinski definition) is 4. The fraction of sp³-hybridized carbons (Fsp3) is 0.333. The van der Waals surface area contributed by atoms with E-state index in [-0.39, 0.29) is 6.61 Å². The largest absolute Gasteiger partial charge is 0.394 e. The zero-order chi connectivity index (χ0) is 9.68. The van der Waals surface area contributed by atoms with Crippen molar-refractivity contribution in [3.05, 3.63) is 24.3 Å². The van der Waals surface area contributed by atoms with Crippen molar-refractivity contribution in [2.75, 3.05) is 18.5 Å². The Balaban J connectivity index is 2.45. The van der Waals surface area contributed by atoms with E-state index in [1.807, 2.05) is 24.3 Å². The van der Waals surface area contributed by atoms with Crippen LogP contribution in [-0.4, -0.2) is 29.5 Å². The number of nitrogens with one attached hydrogen (secondary N) is 1. The van der Waals surface area contributed by atoms with Crippen LogP contribution >= 0.6 is 12.6 Å². The monoisotopic (exact) mass is 199 g/mol. The maximum atomic E-state index is 9.06. The van der Waals surface area contributed by atoms with Gasteiger partial charge in [0.1, 0.15) is 0 Å². The number of hydrogen-bond donors (Lipinski definition) is 4. The van der Waals surface area contributed by atoms with E-state index in [9.17, 15) is 0 Å². The third-order valence-corrected chi connectivity index (χ3v) is 1.88. The van der Waals surface area contributed by atoms with Crippen LogP contribution in [0, 0.1) is 0 Å². The topological polar surface area (TPSA) is 52.5 Å². The van der Waals surface area contributed by atoms with Crippen LogP contribution < -0.4 is 5.32 Å². The second kappa shape index (κ2) is 5.11. The fourth-order valence-electron chi connectivity index (χ4n) is 0.916. The van der Waals surface area contributed by atoms with Gasteiger partial charge in [0.25, 0.3) is 0 Å². The third kappa shape index (κ3) is 3.67. The van der Waals surface area contributed by atoms with Gasteiger partial charge in [-0.25, -0.2) is 0 Å². The zero-order valence-corrected chi connectivity index (χ0v) is 8.04. The van der Waals surface area contributed by atoms with Crippen LogP contribution in [0.3, 0.4) is 0 Å². The molecule has 3 nitrogen and oxygen atoms in total. The Morgan fingerprint density at radius 1 is 1.46 bits per heavy atom. The van der Waals surface area contributed by atoms with Gasteiger partial charge in [-0.15, -0.1) is 12.6 Å². The molecule has 72 valence electrons. The molecule has 3 N–H and O–H groups in total. The van der Waals surface area contributed by atoms with Crippen molar-refractivity contribution in [2.45, 2.75) is 11.0 Å². The Bertz CT molecular complexity index is 268. The molecule has 0 spiro atoms. The molecule has 0 bridgehead atoms. The van der Waals surface area contributed by atoms with Gasteiger partial charge in [-0.2, -0.15) is 0 Å². The second-order valence-corrected chi connectivity index (χ2v) is 3.28. The first-order chi connectivity index (χ1) is 6.22. The van der Waals surface area contributed by atoms with Crippen molar-refractivity contribution in [1.29, 1.82) is 0 Å². The predicted octanol–water partition coefficient (Wildman–Crippen LogP) is 0.740. The Hall–Kier alpha value is -0.710. The summed E-state index contributed by atoms with van der Waals surface area (Å²) in [6.07, 6.45) is -0.719. The highest BCUT2D eigenvalue weighted by molar-refractivity contribution is 7.80. The van der Waals surface area contributed by atoms with Crippen molar-refractivity contribution >= 4 is 18.3 Å². The summed E-state index contributed by atoms with van der Waals surface area (Å²) in [5.74, 6) is 0. The average molecular weight is 199 g/mol. The minimum atomic E-state index is -0.719.